The van der Waals surface area contributed by atoms with Crippen LogP contribution in [0.3, 0.4) is 0 Å². The van der Waals surface area contributed by atoms with Crippen LogP contribution in [0.1, 0.15) is 13.8 Å². The van der Waals surface area contributed by atoms with Gasteiger partial charge in [0, 0.05) is 6.04 Å². The van der Waals surface area contributed by atoms with E-state index in [1.54, 1.807) is 13.8 Å². The molecule has 0 aliphatic rings. The summed E-state index contributed by atoms with van der Waals surface area (Å²) in [4.78, 5) is 10.3. The van der Waals surface area contributed by atoms with Gasteiger partial charge in [0.25, 0.3) is 0 Å². The van der Waals surface area contributed by atoms with Crippen molar-refractivity contribution < 1.29 is 9.90 Å². The predicted octanol–water partition coefficient (Wildman–Crippen LogP) is -1.07. The molecule has 0 bridgehead atoms. The lowest BCUT2D eigenvalue weighted by atomic mass is 10.3. The van der Waals surface area contributed by atoms with Gasteiger partial charge in [-0.15, -0.1) is 0 Å². The van der Waals surface area contributed by atoms with E-state index in [-0.39, 0.29) is 11.9 Å². The Bertz CT molecular complexity index is 177. The molecule has 0 unspecified atom stereocenters. The van der Waals surface area contributed by atoms with Gasteiger partial charge in [-0.1, -0.05) is 0 Å². The highest BCUT2D eigenvalue weighted by Crippen LogP contribution is 1.91. The third kappa shape index (κ3) is 2.42. The van der Waals surface area contributed by atoms with Gasteiger partial charge in [-0.25, -0.2) is 10.6 Å². The van der Waals surface area contributed by atoms with Crippen molar-refractivity contribution in [1.29, 1.82) is 0 Å². The normalized spacial score (nSPS) is 11.8. The molecule has 0 radical (unpaired) electrons. The Morgan fingerprint density at radius 3 is 2.18 bits per heavy atom. The van der Waals surface area contributed by atoms with Crippen LogP contribution < -0.4 is 11.7 Å². The summed E-state index contributed by atoms with van der Waals surface area (Å²) in [6.45, 7) is 3.46. The third-order valence-electron chi connectivity index (χ3n) is 1.11. The fourth-order valence-corrected chi connectivity index (χ4v) is 0.477. The third-order valence-corrected chi connectivity index (χ3v) is 1.11. The van der Waals surface area contributed by atoms with Crippen molar-refractivity contribution >= 4 is 11.8 Å². The number of hydrogen-bond donors (Lipinski definition) is 3. The summed E-state index contributed by atoms with van der Waals surface area (Å²) < 4.78 is 0. The van der Waals surface area contributed by atoms with Crippen molar-refractivity contribution in [2.24, 2.45) is 16.8 Å². The van der Waals surface area contributed by atoms with Crippen molar-refractivity contribution in [3.05, 3.63) is 0 Å². The highest BCUT2D eigenvalue weighted by Gasteiger charge is 2.17. The maximum absolute atomic E-state index is 10.3. The minimum Gasteiger partial charge on any atom is -0.475 e. The van der Waals surface area contributed by atoms with E-state index in [1.165, 1.54) is 0 Å². The zero-order chi connectivity index (χ0) is 9.02. The maximum Gasteiger partial charge on any atom is 0.374 e. The fraction of sp³-hybridized carbons (Fsp3) is 0.600. The van der Waals surface area contributed by atoms with Gasteiger partial charge in [0.1, 0.15) is 0 Å². The smallest absolute Gasteiger partial charge is 0.374 e. The molecule has 64 valence electrons. The van der Waals surface area contributed by atoms with Crippen LogP contribution >= 0.6 is 0 Å². The first-order chi connectivity index (χ1) is 5.00. The van der Waals surface area contributed by atoms with Crippen LogP contribution in [0.5, 0.6) is 0 Å². The van der Waals surface area contributed by atoms with Crippen LogP contribution in [0.2, 0.25) is 0 Å². The number of nitrogens with zero attached hydrogens (tertiary/aromatic N) is 2. The maximum atomic E-state index is 10.3. The van der Waals surface area contributed by atoms with Crippen LogP contribution in [0, 0.1) is 0 Å². The average Bonchev–Trinajstić information content (AvgIpc) is 1.88. The van der Waals surface area contributed by atoms with Crippen LogP contribution in [-0.2, 0) is 4.79 Å². The number of hydrogen-bond acceptors (Lipinski definition) is 4. The molecule has 0 aromatic rings. The average molecular weight is 160 g/mol. The van der Waals surface area contributed by atoms with E-state index in [0.29, 0.717) is 0 Å². The molecule has 6 nitrogen and oxygen atoms in total. The number of nitrogens with two attached hydrogens (primary N) is 2. The number of rotatable bonds is 1. The van der Waals surface area contributed by atoms with Crippen molar-refractivity contribution in [2.75, 3.05) is 0 Å². The minimum atomic E-state index is -1.23. The number of hydrazone groups is 1. The highest BCUT2D eigenvalue weighted by atomic mass is 16.4. The Morgan fingerprint density at radius 2 is 2.09 bits per heavy atom. The molecule has 0 aromatic heterocycles. The number of hydrazine groups is 1. The lowest BCUT2D eigenvalue weighted by molar-refractivity contribution is -0.130. The topological polar surface area (TPSA) is 105 Å². The molecule has 5 N–H and O–H groups in total. The molecule has 0 aliphatic heterocycles. The molecule has 11 heavy (non-hydrogen) atoms. The quantitative estimate of drug-likeness (QED) is 0.196. The van der Waals surface area contributed by atoms with Crippen LogP contribution in [0.4, 0.5) is 0 Å². The van der Waals surface area contributed by atoms with E-state index < -0.39 is 5.97 Å². The SMILES string of the molecule is CC(C)N(N)/C(=N\N)C(=O)O. The summed E-state index contributed by atoms with van der Waals surface area (Å²) in [5.41, 5.74) is 0. The summed E-state index contributed by atoms with van der Waals surface area (Å²) in [5, 5.41) is 12.5. The summed E-state index contributed by atoms with van der Waals surface area (Å²) in [6.07, 6.45) is 0. The molecule has 6 heteroatoms. The van der Waals surface area contributed by atoms with Crippen molar-refractivity contribution in [1.82, 2.24) is 5.01 Å². The molecular weight excluding hydrogens is 148 g/mol. The summed E-state index contributed by atoms with van der Waals surface area (Å²) >= 11 is 0. The molecule has 0 aromatic carbocycles. The lowest BCUT2D eigenvalue weighted by Gasteiger charge is -2.20. The second-order valence-corrected chi connectivity index (χ2v) is 2.26. The Kier molecular flexibility index (Phi) is 3.32. The predicted molar refractivity (Wildman–Crippen MR) is 40.4 cm³/mol. The number of aliphatic carboxylic acids is 1. The number of carbonyl (C=O) groups is 1. The van der Waals surface area contributed by atoms with Gasteiger partial charge in [-0.05, 0) is 13.8 Å². The molecule has 0 aliphatic carbocycles. The van der Waals surface area contributed by atoms with E-state index in [4.69, 9.17) is 16.8 Å². The molecule has 0 atom stereocenters. The van der Waals surface area contributed by atoms with Gasteiger partial charge < -0.3 is 10.9 Å². The molecule has 0 amide bonds. The lowest BCUT2D eigenvalue weighted by Crippen LogP contribution is -2.46. The molecule has 0 spiro atoms. The minimum absolute atomic E-state index is 0.145. The van der Waals surface area contributed by atoms with E-state index in [9.17, 15) is 4.79 Å². The van der Waals surface area contributed by atoms with Crippen molar-refractivity contribution in [2.45, 2.75) is 19.9 Å². The molecule has 0 saturated heterocycles. The standard InChI is InChI=1S/C5H12N4O2/c1-3(2)9(7)4(8-6)5(10)11/h3H,6-7H2,1-2H3,(H,10,11)/b8-4-. The molecule has 0 fully saturated rings. The zero-order valence-electron chi connectivity index (χ0n) is 6.48. The largest absolute Gasteiger partial charge is 0.475 e. The number of carboxylic acids is 1. The Labute approximate surface area is 64.4 Å². The summed E-state index contributed by atoms with van der Waals surface area (Å²) in [7, 11) is 0. The van der Waals surface area contributed by atoms with Crippen molar-refractivity contribution in [3.63, 3.8) is 0 Å². The van der Waals surface area contributed by atoms with Gasteiger partial charge in [-0.3, -0.25) is 5.01 Å². The number of carboxylic acid groups (broad SMARTS) is 1. The van der Waals surface area contributed by atoms with Gasteiger partial charge in [0.05, 0.1) is 0 Å². The van der Waals surface area contributed by atoms with Gasteiger partial charge in [0.2, 0.25) is 5.84 Å². The second kappa shape index (κ2) is 3.77. The Hall–Kier alpha value is -1.30. The molecule has 0 rings (SSSR count). The van der Waals surface area contributed by atoms with Crippen LogP contribution in [-0.4, -0.2) is 28.0 Å². The van der Waals surface area contributed by atoms with Gasteiger partial charge in [-0.2, -0.15) is 5.10 Å². The first-order valence-electron chi connectivity index (χ1n) is 3.05. The summed E-state index contributed by atoms with van der Waals surface area (Å²) in [5.74, 6) is 8.53. The molecular formula is C5H12N4O2. The highest BCUT2D eigenvalue weighted by molar-refractivity contribution is 6.34. The van der Waals surface area contributed by atoms with Gasteiger partial charge in [0.15, 0.2) is 0 Å². The van der Waals surface area contributed by atoms with E-state index in [0.717, 1.165) is 5.01 Å². The Balaban J connectivity index is 4.41. The van der Waals surface area contributed by atoms with Crippen LogP contribution in [0.25, 0.3) is 0 Å². The first kappa shape index (κ1) is 9.70. The van der Waals surface area contributed by atoms with E-state index >= 15 is 0 Å². The number of amidine groups is 1. The zero-order valence-corrected chi connectivity index (χ0v) is 6.48. The van der Waals surface area contributed by atoms with E-state index in [1.807, 2.05) is 0 Å². The fourth-order valence-electron chi connectivity index (χ4n) is 0.477. The van der Waals surface area contributed by atoms with Gasteiger partial charge >= 0.3 is 5.97 Å². The first-order valence-corrected chi connectivity index (χ1v) is 3.05. The van der Waals surface area contributed by atoms with Crippen molar-refractivity contribution in [3.8, 4) is 0 Å². The molecule has 0 saturated carbocycles. The van der Waals surface area contributed by atoms with E-state index in [2.05, 4.69) is 5.10 Å². The second-order valence-electron chi connectivity index (χ2n) is 2.26. The monoisotopic (exact) mass is 160 g/mol. The van der Waals surface area contributed by atoms with Crippen LogP contribution in [0.15, 0.2) is 5.10 Å². The Morgan fingerprint density at radius 1 is 1.64 bits per heavy atom. The molecule has 0 heterocycles. The summed E-state index contributed by atoms with van der Waals surface area (Å²) in [6, 6.07) is -0.145.